The second kappa shape index (κ2) is 8.53. The second-order valence-electron chi connectivity index (χ2n) is 7.00. The number of carbonyl (C=O) groups is 3. The van der Waals surface area contributed by atoms with Gasteiger partial charge in [-0.3, -0.25) is 14.4 Å². The van der Waals surface area contributed by atoms with E-state index in [-0.39, 0.29) is 12.2 Å². The van der Waals surface area contributed by atoms with Crippen LogP contribution in [0.25, 0.3) is 21.3 Å². The summed E-state index contributed by atoms with van der Waals surface area (Å²) in [6.45, 7) is 1.64. The van der Waals surface area contributed by atoms with Crippen LogP contribution < -0.4 is 11.1 Å². The smallest absolute Gasteiger partial charge is 0.290 e. The minimum atomic E-state index is -1.12. The number of hydrogen-bond acceptors (Lipinski definition) is 6. The molecule has 156 valence electrons. The van der Waals surface area contributed by atoms with Gasteiger partial charge in [0.15, 0.2) is 5.89 Å². The first-order valence-corrected chi connectivity index (χ1v) is 10.4. The van der Waals surface area contributed by atoms with E-state index in [4.69, 9.17) is 10.2 Å². The van der Waals surface area contributed by atoms with Gasteiger partial charge in [-0.05, 0) is 11.6 Å². The second-order valence-corrected chi connectivity index (χ2v) is 7.91. The number of aryl methyl sites for hydroxylation is 1. The van der Waals surface area contributed by atoms with Crippen molar-refractivity contribution in [1.82, 2.24) is 10.3 Å². The van der Waals surface area contributed by atoms with Crippen molar-refractivity contribution < 1.29 is 18.8 Å². The molecular formula is C23H19N3O4S. The van der Waals surface area contributed by atoms with Crippen LogP contribution in [0.1, 0.15) is 22.0 Å². The van der Waals surface area contributed by atoms with Gasteiger partial charge in [0, 0.05) is 34.4 Å². The molecule has 4 rings (SSSR count). The summed E-state index contributed by atoms with van der Waals surface area (Å²) < 4.78 is 6.65. The van der Waals surface area contributed by atoms with Crippen molar-refractivity contribution in [3.05, 3.63) is 77.2 Å². The standard InChI is InChI=1S/C23H19N3O4S/c1-13-25-19(16-12-31-18-10-6-5-9-15(16)18)21(30-13)23(29)26-17(20(27)22(24)28)11-14-7-3-2-4-8-14/h2-10,12,17H,11H2,1H3,(H2,24,28)(H,26,29). The average Bonchev–Trinajstić information content (AvgIpc) is 3.36. The van der Waals surface area contributed by atoms with Crippen LogP contribution in [-0.4, -0.2) is 28.6 Å². The van der Waals surface area contributed by atoms with Crippen molar-refractivity contribution in [2.75, 3.05) is 0 Å². The average molecular weight is 433 g/mol. The SMILES string of the molecule is Cc1nc(-c2csc3ccccc23)c(C(=O)NC(Cc2ccccc2)C(=O)C(N)=O)o1. The van der Waals surface area contributed by atoms with Gasteiger partial charge in [-0.25, -0.2) is 4.98 Å². The first kappa shape index (κ1) is 20.5. The lowest BCUT2D eigenvalue weighted by Crippen LogP contribution is -2.47. The Hall–Kier alpha value is -3.78. The number of fused-ring (bicyclic) bond motifs is 1. The minimum Gasteiger partial charge on any atom is -0.435 e. The lowest BCUT2D eigenvalue weighted by molar-refractivity contribution is -0.137. The molecule has 0 aliphatic rings. The maximum absolute atomic E-state index is 13.1. The number of hydrogen-bond donors (Lipinski definition) is 2. The number of aromatic nitrogens is 1. The monoisotopic (exact) mass is 433 g/mol. The third kappa shape index (κ3) is 4.24. The van der Waals surface area contributed by atoms with Crippen molar-refractivity contribution in [3.8, 4) is 11.3 Å². The summed E-state index contributed by atoms with van der Waals surface area (Å²) in [6.07, 6.45) is 0.123. The highest BCUT2D eigenvalue weighted by atomic mass is 32.1. The van der Waals surface area contributed by atoms with Crippen LogP contribution in [0, 0.1) is 6.92 Å². The van der Waals surface area contributed by atoms with Gasteiger partial charge in [-0.1, -0.05) is 48.5 Å². The molecular weight excluding hydrogens is 414 g/mol. The molecule has 2 aromatic heterocycles. The highest BCUT2D eigenvalue weighted by Crippen LogP contribution is 2.35. The van der Waals surface area contributed by atoms with Gasteiger partial charge < -0.3 is 15.5 Å². The fourth-order valence-corrected chi connectivity index (χ4v) is 4.32. The molecule has 1 atom stereocenters. The predicted molar refractivity (Wildman–Crippen MR) is 118 cm³/mol. The molecule has 7 nitrogen and oxygen atoms in total. The largest absolute Gasteiger partial charge is 0.435 e. The topological polar surface area (TPSA) is 115 Å². The zero-order valence-corrected chi connectivity index (χ0v) is 17.4. The van der Waals surface area contributed by atoms with Crippen LogP contribution in [0.2, 0.25) is 0 Å². The maximum Gasteiger partial charge on any atom is 0.290 e. The number of Topliss-reactive ketones (excluding diaryl/α,β-unsaturated/α-hetero) is 1. The summed E-state index contributed by atoms with van der Waals surface area (Å²) in [5.74, 6) is -2.33. The number of nitrogens with zero attached hydrogens (tertiary/aromatic N) is 1. The number of oxazole rings is 1. The number of primary amides is 1. The summed E-state index contributed by atoms with van der Waals surface area (Å²) in [4.78, 5) is 41.4. The third-order valence-electron chi connectivity index (χ3n) is 4.82. The Morgan fingerprint density at radius 2 is 1.81 bits per heavy atom. The summed E-state index contributed by atoms with van der Waals surface area (Å²) >= 11 is 1.53. The van der Waals surface area contributed by atoms with E-state index in [9.17, 15) is 14.4 Å². The lowest BCUT2D eigenvalue weighted by Gasteiger charge is -2.16. The van der Waals surface area contributed by atoms with Crippen LogP contribution in [0.3, 0.4) is 0 Å². The number of nitrogens with one attached hydrogen (secondary N) is 1. The van der Waals surface area contributed by atoms with Gasteiger partial charge in [-0.2, -0.15) is 0 Å². The normalized spacial score (nSPS) is 11.9. The van der Waals surface area contributed by atoms with Gasteiger partial charge in [0.2, 0.25) is 11.5 Å². The molecule has 31 heavy (non-hydrogen) atoms. The molecule has 8 heteroatoms. The number of benzene rings is 2. The van der Waals surface area contributed by atoms with E-state index in [1.54, 1.807) is 19.1 Å². The lowest BCUT2D eigenvalue weighted by atomic mass is 10.0. The number of nitrogens with two attached hydrogens (primary N) is 1. The number of thiophene rings is 1. The fraction of sp³-hybridized carbons (Fsp3) is 0.130. The number of carbonyl (C=O) groups excluding carboxylic acids is 3. The Morgan fingerprint density at radius 1 is 1.10 bits per heavy atom. The predicted octanol–water partition coefficient (Wildman–Crippen LogP) is 3.26. The van der Waals surface area contributed by atoms with E-state index in [2.05, 4.69) is 10.3 Å². The number of rotatable bonds is 7. The van der Waals surface area contributed by atoms with Gasteiger partial charge in [-0.15, -0.1) is 11.3 Å². The quantitative estimate of drug-likeness (QED) is 0.434. The zero-order chi connectivity index (χ0) is 22.0. The fourth-order valence-electron chi connectivity index (χ4n) is 3.38. The number of ketones is 1. The molecule has 2 amide bonds. The molecule has 0 bridgehead atoms. The van der Waals surface area contributed by atoms with E-state index in [1.165, 1.54) is 11.3 Å². The summed E-state index contributed by atoms with van der Waals surface area (Å²) in [7, 11) is 0. The molecule has 0 aliphatic heterocycles. The maximum atomic E-state index is 13.1. The highest BCUT2D eigenvalue weighted by Gasteiger charge is 2.29. The van der Waals surface area contributed by atoms with Crippen molar-refractivity contribution in [2.45, 2.75) is 19.4 Å². The Morgan fingerprint density at radius 3 is 2.55 bits per heavy atom. The van der Waals surface area contributed by atoms with Crippen LogP contribution in [0.4, 0.5) is 0 Å². The van der Waals surface area contributed by atoms with Gasteiger partial charge in [0.25, 0.3) is 11.8 Å². The summed E-state index contributed by atoms with van der Waals surface area (Å²) in [5.41, 5.74) is 7.14. The van der Waals surface area contributed by atoms with E-state index >= 15 is 0 Å². The Kier molecular flexibility index (Phi) is 5.64. The molecule has 3 N–H and O–H groups in total. The minimum absolute atomic E-state index is 0.0172. The molecule has 0 spiro atoms. The molecule has 0 radical (unpaired) electrons. The van der Waals surface area contributed by atoms with E-state index in [0.717, 1.165) is 21.2 Å². The van der Waals surface area contributed by atoms with Gasteiger partial charge in [0.1, 0.15) is 11.7 Å². The number of amides is 2. The first-order valence-electron chi connectivity index (χ1n) is 9.56. The molecule has 2 aromatic carbocycles. The van der Waals surface area contributed by atoms with E-state index in [0.29, 0.717) is 11.6 Å². The molecule has 0 saturated carbocycles. The Bertz CT molecular complexity index is 1280. The summed E-state index contributed by atoms with van der Waals surface area (Å²) in [5, 5.41) is 5.47. The zero-order valence-electron chi connectivity index (χ0n) is 16.6. The van der Waals surface area contributed by atoms with Gasteiger partial charge in [0.05, 0.1) is 0 Å². The molecule has 1 unspecified atom stereocenters. The van der Waals surface area contributed by atoms with Crippen LogP contribution in [0.5, 0.6) is 0 Å². The van der Waals surface area contributed by atoms with Gasteiger partial charge >= 0.3 is 0 Å². The third-order valence-corrected chi connectivity index (χ3v) is 5.79. The van der Waals surface area contributed by atoms with Crippen molar-refractivity contribution in [1.29, 1.82) is 0 Å². The van der Waals surface area contributed by atoms with Crippen molar-refractivity contribution in [3.63, 3.8) is 0 Å². The highest BCUT2D eigenvalue weighted by molar-refractivity contribution is 7.17. The van der Waals surface area contributed by atoms with E-state index in [1.807, 2.05) is 47.8 Å². The molecule has 0 fully saturated rings. The first-order chi connectivity index (χ1) is 14.9. The van der Waals surface area contributed by atoms with Crippen molar-refractivity contribution >= 4 is 39.0 Å². The molecule has 0 saturated heterocycles. The van der Waals surface area contributed by atoms with Crippen LogP contribution >= 0.6 is 11.3 Å². The van der Waals surface area contributed by atoms with Crippen LogP contribution in [0.15, 0.2) is 64.4 Å². The Balaban J connectivity index is 1.67. The van der Waals surface area contributed by atoms with Crippen molar-refractivity contribution in [2.24, 2.45) is 5.73 Å². The molecule has 4 aromatic rings. The summed E-state index contributed by atoms with van der Waals surface area (Å²) in [6, 6.07) is 15.7. The van der Waals surface area contributed by atoms with E-state index < -0.39 is 23.6 Å². The van der Waals surface area contributed by atoms with Crippen LogP contribution in [-0.2, 0) is 16.0 Å². The molecule has 0 aliphatic carbocycles. The molecule has 2 heterocycles. The Labute approximate surface area is 181 Å².